The number of likely N-dealkylation sites (tertiary alicyclic amines) is 1. The van der Waals surface area contributed by atoms with E-state index in [1.54, 1.807) is 4.90 Å². The zero-order valence-corrected chi connectivity index (χ0v) is 12.2. The van der Waals surface area contributed by atoms with Crippen LogP contribution in [-0.4, -0.2) is 66.1 Å². The highest BCUT2D eigenvalue weighted by Gasteiger charge is 2.27. The average molecular weight is 286 g/mol. The van der Waals surface area contributed by atoms with Crippen molar-refractivity contribution in [2.45, 2.75) is 26.2 Å². The molecule has 1 aliphatic heterocycles. The first-order valence-electron chi connectivity index (χ1n) is 7.23. The Morgan fingerprint density at radius 3 is 2.50 bits per heavy atom. The second kappa shape index (κ2) is 8.89. The van der Waals surface area contributed by atoms with Crippen molar-refractivity contribution in [3.63, 3.8) is 0 Å². The van der Waals surface area contributed by atoms with Gasteiger partial charge in [0.05, 0.1) is 13.2 Å². The van der Waals surface area contributed by atoms with Crippen LogP contribution < -0.4 is 11.3 Å². The van der Waals surface area contributed by atoms with Gasteiger partial charge in [-0.25, -0.2) is 5.84 Å². The Balaban J connectivity index is 2.39. The number of nitrogens with two attached hydrogens (primary N) is 1. The normalized spacial score (nSPS) is 16.5. The van der Waals surface area contributed by atoms with Gasteiger partial charge in [-0.05, 0) is 25.8 Å². The van der Waals surface area contributed by atoms with Crippen LogP contribution in [-0.2, 0) is 9.59 Å². The lowest BCUT2D eigenvalue weighted by Gasteiger charge is -2.32. The number of hydrazine groups is 1. The summed E-state index contributed by atoms with van der Waals surface area (Å²) in [5, 5.41) is 8.99. The molecular weight excluding hydrogens is 260 g/mol. The molecule has 7 nitrogen and oxygen atoms in total. The van der Waals surface area contributed by atoms with Gasteiger partial charge in [0.1, 0.15) is 0 Å². The molecule has 20 heavy (non-hydrogen) atoms. The molecule has 0 spiro atoms. The summed E-state index contributed by atoms with van der Waals surface area (Å²) in [6, 6.07) is 0. The molecule has 0 aromatic heterocycles. The van der Waals surface area contributed by atoms with Gasteiger partial charge in [-0.3, -0.25) is 19.9 Å². The SMILES string of the molecule is CCCN(CCO)CC(=O)N1CCC(C(=O)NN)CC1. The van der Waals surface area contributed by atoms with Gasteiger partial charge in [-0.2, -0.15) is 0 Å². The van der Waals surface area contributed by atoms with Crippen LogP contribution in [0.3, 0.4) is 0 Å². The molecule has 0 unspecified atom stereocenters. The number of aliphatic hydroxyl groups is 1. The van der Waals surface area contributed by atoms with Crippen LogP contribution in [0.25, 0.3) is 0 Å². The average Bonchev–Trinajstić information content (AvgIpc) is 2.47. The van der Waals surface area contributed by atoms with E-state index < -0.39 is 0 Å². The van der Waals surface area contributed by atoms with Gasteiger partial charge in [0.2, 0.25) is 11.8 Å². The molecule has 0 aromatic carbocycles. The third-order valence-electron chi connectivity index (χ3n) is 3.68. The molecule has 0 saturated carbocycles. The van der Waals surface area contributed by atoms with Crippen molar-refractivity contribution < 1.29 is 14.7 Å². The fourth-order valence-corrected chi connectivity index (χ4v) is 2.53. The van der Waals surface area contributed by atoms with Gasteiger partial charge in [0.25, 0.3) is 0 Å². The molecule has 0 atom stereocenters. The quantitative estimate of drug-likeness (QED) is 0.314. The summed E-state index contributed by atoms with van der Waals surface area (Å²) < 4.78 is 0. The molecule has 0 radical (unpaired) electrons. The topological polar surface area (TPSA) is 98.9 Å². The molecule has 1 aliphatic rings. The van der Waals surface area contributed by atoms with Gasteiger partial charge in [0, 0.05) is 25.6 Å². The summed E-state index contributed by atoms with van der Waals surface area (Å²) in [7, 11) is 0. The second-order valence-electron chi connectivity index (χ2n) is 5.16. The largest absolute Gasteiger partial charge is 0.395 e. The van der Waals surface area contributed by atoms with Crippen molar-refractivity contribution in [2.75, 3.05) is 39.3 Å². The monoisotopic (exact) mass is 286 g/mol. The standard InChI is InChI=1S/C13H26N4O3/c1-2-5-16(8-9-18)10-12(19)17-6-3-11(4-7-17)13(20)15-14/h11,18H,2-10,14H2,1H3,(H,15,20). The van der Waals surface area contributed by atoms with Crippen molar-refractivity contribution in [1.29, 1.82) is 0 Å². The van der Waals surface area contributed by atoms with Crippen molar-refractivity contribution in [1.82, 2.24) is 15.2 Å². The van der Waals surface area contributed by atoms with Gasteiger partial charge in [0.15, 0.2) is 0 Å². The highest BCUT2D eigenvalue weighted by molar-refractivity contribution is 5.80. The van der Waals surface area contributed by atoms with Crippen LogP contribution in [0.2, 0.25) is 0 Å². The van der Waals surface area contributed by atoms with Crippen molar-refractivity contribution in [3.05, 3.63) is 0 Å². The van der Waals surface area contributed by atoms with E-state index in [1.165, 1.54) is 0 Å². The zero-order valence-electron chi connectivity index (χ0n) is 12.2. The molecule has 2 amide bonds. The molecule has 0 aromatic rings. The van der Waals surface area contributed by atoms with Crippen LogP contribution in [0.15, 0.2) is 0 Å². The number of amides is 2. The number of piperidine rings is 1. The van der Waals surface area contributed by atoms with Crippen LogP contribution >= 0.6 is 0 Å². The van der Waals surface area contributed by atoms with Crippen LogP contribution in [0.4, 0.5) is 0 Å². The minimum atomic E-state index is -0.148. The Labute approximate surface area is 120 Å². The van der Waals surface area contributed by atoms with E-state index in [0.717, 1.165) is 13.0 Å². The Morgan fingerprint density at radius 1 is 1.35 bits per heavy atom. The summed E-state index contributed by atoms with van der Waals surface area (Å²) in [5.74, 6) is 4.95. The number of hydrogen-bond acceptors (Lipinski definition) is 5. The Hall–Kier alpha value is -1.18. The number of nitrogens with zero attached hydrogens (tertiary/aromatic N) is 2. The first kappa shape index (κ1) is 16.9. The smallest absolute Gasteiger partial charge is 0.237 e. The summed E-state index contributed by atoms with van der Waals surface area (Å²) in [5.41, 5.74) is 2.17. The third-order valence-corrected chi connectivity index (χ3v) is 3.68. The molecule has 1 fully saturated rings. The van der Waals surface area contributed by atoms with Gasteiger partial charge in [-0.1, -0.05) is 6.92 Å². The minimum Gasteiger partial charge on any atom is -0.395 e. The lowest BCUT2D eigenvalue weighted by molar-refractivity contribution is -0.136. The highest BCUT2D eigenvalue weighted by atomic mass is 16.3. The molecular formula is C13H26N4O3. The lowest BCUT2D eigenvalue weighted by atomic mass is 9.96. The van der Waals surface area contributed by atoms with Gasteiger partial charge < -0.3 is 10.0 Å². The highest BCUT2D eigenvalue weighted by Crippen LogP contribution is 2.17. The summed E-state index contributed by atoms with van der Waals surface area (Å²) in [6.07, 6.45) is 2.26. The maximum atomic E-state index is 12.2. The predicted molar refractivity (Wildman–Crippen MR) is 75.5 cm³/mol. The molecule has 1 saturated heterocycles. The Bertz CT molecular complexity index is 311. The van der Waals surface area contributed by atoms with E-state index in [4.69, 9.17) is 10.9 Å². The molecule has 4 N–H and O–H groups in total. The van der Waals surface area contributed by atoms with E-state index in [9.17, 15) is 9.59 Å². The molecule has 1 heterocycles. The van der Waals surface area contributed by atoms with E-state index >= 15 is 0 Å². The van der Waals surface area contributed by atoms with Crippen molar-refractivity contribution in [2.24, 2.45) is 11.8 Å². The molecule has 7 heteroatoms. The summed E-state index contributed by atoms with van der Waals surface area (Å²) in [6.45, 7) is 4.95. The second-order valence-corrected chi connectivity index (χ2v) is 5.16. The van der Waals surface area contributed by atoms with E-state index in [1.807, 2.05) is 11.8 Å². The molecule has 116 valence electrons. The summed E-state index contributed by atoms with van der Waals surface area (Å²) >= 11 is 0. The first-order valence-corrected chi connectivity index (χ1v) is 7.23. The van der Waals surface area contributed by atoms with E-state index in [0.29, 0.717) is 39.0 Å². The maximum Gasteiger partial charge on any atom is 0.237 e. The van der Waals surface area contributed by atoms with E-state index in [2.05, 4.69) is 5.43 Å². The fraction of sp³-hybridized carbons (Fsp3) is 0.846. The Morgan fingerprint density at radius 2 is 2.00 bits per heavy atom. The first-order chi connectivity index (χ1) is 9.62. The number of carbonyl (C=O) groups is 2. The molecule has 1 rings (SSSR count). The number of carbonyl (C=O) groups excluding carboxylic acids is 2. The number of rotatable bonds is 7. The fourth-order valence-electron chi connectivity index (χ4n) is 2.53. The van der Waals surface area contributed by atoms with Crippen molar-refractivity contribution in [3.8, 4) is 0 Å². The number of nitrogens with one attached hydrogen (secondary N) is 1. The number of aliphatic hydroxyl groups excluding tert-OH is 1. The van der Waals surface area contributed by atoms with E-state index in [-0.39, 0.29) is 24.3 Å². The molecule has 0 bridgehead atoms. The minimum absolute atomic E-state index is 0.0615. The predicted octanol–water partition coefficient (Wildman–Crippen LogP) is -1.08. The van der Waals surface area contributed by atoms with Crippen LogP contribution in [0, 0.1) is 5.92 Å². The third kappa shape index (κ3) is 5.07. The van der Waals surface area contributed by atoms with Crippen LogP contribution in [0.1, 0.15) is 26.2 Å². The Kier molecular flexibility index (Phi) is 7.50. The van der Waals surface area contributed by atoms with Crippen LogP contribution in [0.5, 0.6) is 0 Å². The summed E-state index contributed by atoms with van der Waals surface area (Å²) in [4.78, 5) is 27.3. The van der Waals surface area contributed by atoms with Gasteiger partial charge >= 0.3 is 0 Å². The lowest BCUT2D eigenvalue weighted by Crippen LogP contribution is -2.47. The zero-order chi connectivity index (χ0) is 15.0. The maximum absolute atomic E-state index is 12.2. The van der Waals surface area contributed by atoms with Gasteiger partial charge in [-0.15, -0.1) is 0 Å². The van der Waals surface area contributed by atoms with Crippen molar-refractivity contribution >= 4 is 11.8 Å². The number of hydrogen-bond donors (Lipinski definition) is 3. The molecule has 0 aliphatic carbocycles.